The number of carbonyl (C=O) groups is 1. The molecule has 0 atom stereocenters. The molecular formula is C16H17IN2O4S. The molecule has 2 rings (SSSR count). The van der Waals surface area contributed by atoms with E-state index in [1.54, 1.807) is 37.4 Å². The summed E-state index contributed by atoms with van der Waals surface area (Å²) in [6.07, 6.45) is 0. The SMILES string of the molecule is COc1ccc(C(=O)Nc2ccc(S(=O)(=O)N(C)C)cc2)cc1I. The highest BCUT2D eigenvalue weighted by Gasteiger charge is 2.17. The van der Waals surface area contributed by atoms with Gasteiger partial charge in [0.05, 0.1) is 15.6 Å². The first-order valence-electron chi connectivity index (χ1n) is 6.93. The normalized spacial score (nSPS) is 11.4. The van der Waals surface area contributed by atoms with Gasteiger partial charge in [-0.2, -0.15) is 0 Å². The lowest BCUT2D eigenvalue weighted by Gasteiger charge is -2.12. The first-order valence-corrected chi connectivity index (χ1v) is 9.45. The second-order valence-corrected chi connectivity index (χ2v) is 8.43. The summed E-state index contributed by atoms with van der Waals surface area (Å²) >= 11 is 2.09. The van der Waals surface area contributed by atoms with E-state index in [0.29, 0.717) is 17.0 Å². The Kier molecular flexibility index (Phi) is 5.83. The Hall–Kier alpha value is -1.65. The van der Waals surface area contributed by atoms with Gasteiger partial charge in [-0.3, -0.25) is 4.79 Å². The van der Waals surface area contributed by atoms with Crippen molar-refractivity contribution in [3.05, 3.63) is 51.6 Å². The molecule has 24 heavy (non-hydrogen) atoms. The lowest BCUT2D eigenvalue weighted by atomic mass is 10.2. The van der Waals surface area contributed by atoms with Crippen molar-refractivity contribution in [3.63, 3.8) is 0 Å². The zero-order valence-electron chi connectivity index (χ0n) is 13.4. The first-order chi connectivity index (χ1) is 11.3. The number of nitrogens with zero attached hydrogens (tertiary/aromatic N) is 1. The number of sulfonamides is 1. The molecule has 0 radical (unpaired) electrons. The zero-order chi connectivity index (χ0) is 17.9. The summed E-state index contributed by atoms with van der Waals surface area (Å²) in [7, 11) is 1.03. The number of rotatable bonds is 5. The summed E-state index contributed by atoms with van der Waals surface area (Å²) in [5, 5.41) is 2.74. The van der Waals surface area contributed by atoms with Gasteiger partial charge in [-0.1, -0.05) is 0 Å². The Morgan fingerprint density at radius 1 is 1.12 bits per heavy atom. The topological polar surface area (TPSA) is 75.7 Å². The molecule has 1 amide bonds. The van der Waals surface area contributed by atoms with Crippen molar-refractivity contribution in [2.75, 3.05) is 26.5 Å². The van der Waals surface area contributed by atoms with Gasteiger partial charge in [-0.25, -0.2) is 12.7 Å². The van der Waals surface area contributed by atoms with Gasteiger partial charge in [-0.05, 0) is 65.1 Å². The number of methoxy groups -OCH3 is 1. The minimum absolute atomic E-state index is 0.171. The van der Waals surface area contributed by atoms with Gasteiger partial charge in [-0.15, -0.1) is 0 Å². The van der Waals surface area contributed by atoms with Crippen LogP contribution in [-0.4, -0.2) is 39.8 Å². The van der Waals surface area contributed by atoms with E-state index in [1.807, 2.05) is 0 Å². The maximum atomic E-state index is 12.3. The highest BCUT2D eigenvalue weighted by atomic mass is 127. The molecule has 0 heterocycles. The van der Waals surface area contributed by atoms with Crippen LogP contribution < -0.4 is 10.1 Å². The molecule has 0 saturated carbocycles. The van der Waals surface area contributed by atoms with Gasteiger partial charge in [0.25, 0.3) is 5.91 Å². The van der Waals surface area contributed by atoms with E-state index < -0.39 is 10.0 Å². The molecule has 128 valence electrons. The fourth-order valence-corrected chi connectivity index (χ4v) is 3.57. The number of ether oxygens (including phenoxy) is 1. The summed E-state index contributed by atoms with van der Waals surface area (Å²) in [5.74, 6) is 0.421. The number of anilines is 1. The smallest absolute Gasteiger partial charge is 0.255 e. The average molecular weight is 460 g/mol. The van der Waals surface area contributed by atoms with Gasteiger partial charge in [0.15, 0.2) is 0 Å². The minimum atomic E-state index is -3.48. The molecule has 6 nitrogen and oxygen atoms in total. The van der Waals surface area contributed by atoms with Crippen molar-refractivity contribution >= 4 is 44.2 Å². The predicted molar refractivity (Wildman–Crippen MR) is 101 cm³/mol. The Morgan fingerprint density at radius 3 is 2.25 bits per heavy atom. The molecule has 0 aliphatic rings. The third kappa shape index (κ3) is 4.05. The monoisotopic (exact) mass is 460 g/mol. The van der Waals surface area contributed by atoms with Gasteiger partial charge in [0.2, 0.25) is 10.0 Å². The third-order valence-electron chi connectivity index (χ3n) is 3.30. The van der Waals surface area contributed by atoms with Crippen LogP contribution in [0.4, 0.5) is 5.69 Å². The van der Waals surface area contributed by atoms with Crippen LogP contribution in [0.5, 0.6) is 5.75 Å². The molecule has 0 saturated heterocycles. The largest absolute Gasteiger partial charge is 0.496 e. The highest BCUT2D eigenvalue weighted by molar-refractivity contribution is 14.1. The standard InChI is InChI=1S/C16H17IN2O4S/c1-19(2)24(21,22)13-7-5-12(6-8-13)18-16(20)11-4-9-15(23-3)14(17)10-11/h4-10H,1-3H3,(H,18,20). The lowest BCUT2D eigenvalue weighted by Crippen LogP contribution is -2.22. The van der Waals surface area contributed by atoms with Crippen LogP contribution in [0.2, 0.25) is 0 Å². The summed E-state index contributed by atoms with van der Waals surface area (Å²) < 4.78 is 31.2. The van der Waals surface area contributed by atoms with Crippen molar-refractivity contribution in [3.8, 4) is 5.75 Å². The molecule has 0 aliphatic carbocycles. The van der Waals surface area contributed by atoms with Gasteiger partial charge in [0, 0.05) is 25.3 Å². The summed E-state index contributed by atoms with van der Waals surface area (Å²) in [6, 6.07) is 11.2. The van der Waals surface area contributed by atoms with E-state index in [-0.39, 0.29) is 10.8 Å². The van der Waals surface area contributed by atoms with E-state index in [1.165, 1.54) is 26.2 Å². The van der Waals surface area contributed by atoms with Crippen LogP contribution >= 0.6 is 22.6 Å². The fraction of sp³-hybridized carbons (Fsp3) is 0.188. The molecule has 0 spiro atoms. The average Bonchev–Trinajstić information content (AvgIpc) is 2.55. The Morgan fingerprint density at radius 2 is 1.75 bits per heavy atom. The number of benzene rings is 2. The van der Waals surface area contributed by atoms with Gasteiger partial charge in [0.1, 0.15) is 5.75 Å². The summed E-state index contributed by atoms with van der Waals surface area (Å²) in [6.45, 7) is 0. The first kappa shape index (κ1) is 18.7. The molecule has 2 aromatic carbocycles. The van der Waals surface area contributed by atoms with Crippen molar-refractivity contribution in [1.29, 1.82) is 0 Å². The fourth-order valence-electron chi connectivity index (χ4n) is 1.93. The second kappa shape index (κ2) is 7.49. The number of nitrogens with one attached hydrogen (secondary N) is 1. The molecule has 0 aromatic heterocycles. The Bertz CT molecular complexity index is 849. The van der Waals surface area contributed by atoms with E-state index in [9.17, 15) is 13.2 Å². The molecule has 8 heteroatoms. The predicted octanol–water partition coefficient (Wildman–Crippen LogP) is 2.80. The maximum Gasteiger partial charge on any atom is 0.255 e. The molecule has 0 unspecified atom stereocenters. The van der Waals surface area contributed by atoms with Crippen molar-refractivity contribution in [2.24, 2.45) is 0 Å². The zero-order valence-corrected chi connectivity index (χ0v) is 16.4. The Balaban J connectivity index is 2.17. The second-order valence-electron chi connectivity index (χ2n) is 5.12. The number of halogens is 1. The van der Waals surface area contributed by atoms with Crippen LogP contribution in [0.3, 0.4) is 0 Å². The Labute approximate surface area is 155 Å². The number of amides is 1. The summed E-state index contributed by atoms with van der Waals surface area (Å²) in [4.78, 5) is 12.4. The molecule has 2 aromatic rings. The van der Waals surface area contributed by atoms with Crippen LogP contribution in [0.1, 0.15) is 10.4 Å². The van der Waals surface area contributed by atoms with E-state index in [4.69, 9.17) is 4.74 Å². The van der Waals surface area contributed by atoms with Crippen LogP contribution in [0.15, 0.2) is 47.4 Å². The van der Waals surface area contributed by atoms with Crippen molar-refractivity contribution < 1.29 is 17.9 Å². The number of hydrogen-bond donors (Lipinski definition) is 1. The number of hydrogen-bond acceptors (Lipinski definition) is 4. The van der Waals surface area contributed by atoms with Crippen LogP contribution in [0, 0.1) is 3.57 Å². The molecule has 0 aliphatic heterocycles. The molecule has 0 bridgehead atoms. The number of carbonyl (C=O) groups excluding carboxylic acids is 1. The van der Waals surface area contributed by atoms with Crippen LogP contribution in [-0.2, 0) is 10.0 Å². The van der Waals surface area contributed by atoms with E-state index >= 15 is 0 Å². The minimum Gasteiger partial charge on any atom is -0.496 e. The molecular weight excluding hydrogens is 443 g/mol. The highest BCUT2D eigenvalue weighted by Crippen LogP contribution is 2.22. The summed E-state index contributed by atoms with van der Waals surface area (Å²) in [5.41, 5.74) is 1.01. The third-order valence-corrected chi connectivity index (χ3v) is 5.98. The maximum absolute atomic E-state index is 12.3. The van der Waals surface area contributed by atoms with Gasteiger partial charge < -0.3 is 10.1 Å². The molecule has 1 N–H and O–H groups in total. The van der Waals surface area contributed by atoms with Gasteiger partial charge >= 0.3 is 0 Å². The quantitative estimate of drug-likeness (QED) is 0.697. The van der Waals surface area contributed by atoms with E-state index in [2.05, 4.69) is 27.9 Å². The van der Waals surface area contributed by atoms with Crippen LogP contribution in [0.25, 0.3) is 0 Å². The lowest BCUT2D eigenvalue weighted by molar-refractivity contribution is 0.102. The van der Waals surface area contributed by atoms with Crippen molar-refractivity contribution in [1.82, 2.24) is 4.31 Å². The van der Waals surface area contributed by atoms with E-state index in [0.717, 1.165) is 7.88 Å². The molecule has 0 fully saturated rings. The van der Waals surface area contributed by atoms with Crippen molar-refractivity contribution in [2.45, 2.75) is 4.90 Å².